The second-order valence-electron chi connectivity index (χ2n) is 11.2. The zero-order chi connectivity index (χ0) is 33.4. The van der Waals surface area contributed by atoms with E-state index in [0.29, 0.717) is 19.8 Å². The molecule has 12 nitrogen and oxygen atoms in total. The Bertz CT molecular complexity index is 822. The fourth-order valence-corrected chi connectivity index (χ4v) is 6.38. The molecule has 46 heavy (non-hydrogen) atoms. The quantitative estimate of drug-likeness (QED) is 0.134. The van der Waals surface area contributed by atoms with Crippen molar-refractivity contribution in [3.05, 3.63) is 13.8 Å². The molecule has 0 aromatic rings. The van der Waals surface area contributed by atoms with Crippen molar-refractivity contribution in [1.82, 2.24) is 18.8 Å². The first-order chi connectivity index (χ1) is 20.6. The summed E-state index contributed by atoms with van der Waals surface area (Å²) in [5, 5.41) is 0. The average molecular weight is 831 g/mol. The van der Waals surface area contributed by atoms with Crippen molar-refractivity contribution in [2.45, 2.75) is 48.4 Å². The Morgan fingerprint density at radius 1 is 0.717 bits per heavy atom. The number of methoxy groups -OCH3 is 2. The van der Waals surface area contributed by atoms with Gasteiger partial charge in [-0.15, -0.1) is 0 Å². The molecular formula is C26H50B4N4O8PSY2-3. The van der Waals surface area contributed by atoms with Crippen molar-refractivity contribution < 1.29 is 102 Å². The van der Waals surface area contributed by atoms with E-state index in [4.69, 9.17) is 59.8 Å². The first kappa shape index (κ1) is 50.4. The molecular weight excluding hydrogens is 780 g/mol. The van der Waals surface area contributed by atoms with Crippen LogP contribution in [0.25, 0.3) is 0 Å². The van der Waals surface area contributed by atoms with Crippen molar-refractivity contribution in [2.75, 3.05) is 101 Å². The molecule has 0 aromatic carbocycles. The van der Waals surface area contributed by atoms with Gasteiger partial charge in [0.25, 0.3) is 0 Å². The van der Waals surface area contributed by atoms with E-state index < -0.39 is 24.6 Å². The van der Waals surface area contributed by atoms with Crippen molar-refractivity contribution in [3.8, 4) is 0 Å². The van der Waals surface area contributed by atoms with Crippen LogP contribution in [0.3, 0.4) is 0 Å². The fraction of sp³-hybridized carbons (Fsp3) is 0.885. The number of hydrogen-bond acceptors (Lipinski definition) is 12. The summed E-state index contributed by atoms with van der Waals surface area (Å²) in [6.07, 6.45) is 3.98. The Balaban J connectivity index is 0. The maximum absolute atomic E-state index is 10.6. The molecule has 9 atom stereocenters. The average Bonchev–Trinajstić information content (AvgIpc) is 2.88. The molecule has 9 unspecified atom stereocenters. The summed E-state index contributed by atoms with van der Waals surface area (Å²) in [5.74, 6) is 0. The van der Waals surface area contributed by atoms with E-state index in [1.165, 1.54) is 11.4 Å². The summed E-state index contributed by atoms with van der Waals surface area (Å²) in [5.41, 5.74) is 0. The van der Waals surface area contributed by atoms with E-state index >= 15 is 0 Å². The monoisotopic (exact) mass is 831 g/mol. The predicted octanol–water partition coefficient (Wildman–Crippen LogP) is -1.64. The Hall–Kier alpha value is 2.32. The van der Waals surface area contributed by atoms with Gasteiger partial charge in [0.05, 0.1) is 25.4 Å². The second-order valence-corrected chi connectivity index (χ2v) is 14.3. The van der Waals surface area contributed by atoms with Gasteiger partial charge in [0.15, 0.2) is 0 Å². The zero-order valence-corrected chi connectivity index (χ0v) is 35.7. The van der Waals surface area contributed by atoms with E-state index in [0.717, 1.165) is 39.3 Å². The molecule has 254 valence electrons. The van der Waals surface area contributed by atoms with Crippen molar-refractivity contribution in [1.29, 1.82) is 0 Å². The van der Waals surface area contributed by atoms with Crippen molar-refractivity contribution in [3.63, 3.8) is 0 Å². The van der Waals surface area contributed by atoms with E-state index in [2.05, 4.69) is 41.3 Å². The van der Waals surface area contributed by atoms with Gasteiger partial charge in [-0.3, -0.25) is 4.67 Å². The number of hydrogen-bond donors (Lipinski definition) is 0. The largest absolute Gasteiger partial charge is 0.414 e. The Morgan fingerprint density at radius 2 is 1.11 bits per heavy atom. The third kappa shape index (κ3) is 23.0. The normalized spacial score (nSPS) is 33.3. The van der Waals surface area contributed by atoms with Gasteiger partial charge in [0.1, 0.15) is 31.4 Å². The smallest absolute Gasteiger partial charge is 0.110 e. The number of morpholine rings is 4. The summed E-state index contributed by atoms with van der Waals surface area (Å²) in [6.45, 7) is 16.2. The molecule has 4 aliphatic rings. The van der Waals surface area contributed by atoms with Gasteiger partial charge in [-0.25, -0.2) is 0 Å². The van der Waals surface area contributed by atoms with Crippen LogP contribution in [0.5, 0.6) is 0 Å². The van der Waals surface area contributed by atoms with Crippen LogP contribution in [0.2, 0.25) is 0 Å². The summed E-state index contributed by atoms with van der Waals surface area (Å²) < 4.78 is 55.8. The van der Waals surface area contributed by atoms with E-state index in [-0.39, 0.29) is 114 Å². The fourth-order valence-electron chi connectivity index (χ4n) is 4.82. The minimum atomic E-state index is -2.23. The predicted molar refractivity (Wildman–Crippen MR) is 180 cm³/mol. The maximum Gasteiger partial charge on any atom is 0.110 e. The Morgan fingerprint density at radius 3 is 1.46 bits per heavy atom. The molecule has 20 heteroatoms. The van der Waals surface area contributed by atoms with Crippen LogP contribution < -0.4 is 0 Å². The van der Waals surface area contributed by atoms with Crippen LogP contribution in [0.4, 0.5) is 0 Å². The van der Waals surface area contributed by atoms with Gasteiger partial charge in [-0.1, -0.05) is 26.2 Å². The minimum Gasteiger partial charge on any atom is -0.414 e. The molecule has 0 N–H and O–H groups in total. The molecule has 4 aliphatic heterocycles. The van der Waals surface area contributed by atoms with Crippen LogP contribution in [-0.4, -0.2) is 205 Å². The zero-order valence-electron chi connectivity index (χ0n) is 28.2. The number of nitrogens with zero attached hydrogens (tertiary/aromatic N) is 4. The number of rotatable bonds is 6. The Kier molecular flexibility index (Phi) is 30.6. The molecule has 4 saturated heterocycles. The molecule has 10 radical (unpaired) electrons. The van der Waals surface area contributed by atoms with Gasteiger partial charge in [0, 0.05) is 143 Å². The third-order valence-corrected chi connectivity index (χ3v) is 8.72. The van der Waals surface area contributed by atoms with Crippen molar-refractivity contribution >= 4 is 56.3 Å². The van der Waals surface area contributed by atoms with Crippen LogP contribution in [-0.2, 0) is 113 Å². The standard InChI is InChI=1S/C8H17BNO2P.C6H11BNO4S.2C6H11BNO.2Y/c1-11-6-7-4-10(13(2)3)5-8(9)12-7;1-11-4-5-2-8(13(9)10)3-6(7)12-5;2*1-5-3-8(2)4-6(7)9-5;;/h7-8,13H,2,4-6H2,1,3H3;5-6H,2-4H2,1H3;2*5-6H,1,3-4H2,2H3;;/q;3*-1;;. The maximum atomic E-state index is 10.6. The molecule has 0 spiro atoms. The summed E-state index contributed by atoms with van der Waals surface area (Å²) >= 11 is 0. The van der Waals surface area contributed by atoms with Crippen molar-refractivity contribution in [2.24, 2.45) is 0 Å². The van der Waals surface area contributed by atoms with E-state index in [1.807, 2.05) is 14.1 Å². The number of likely N-dealkylation sites (N-methyl/N-ethyl adjacent to an activating group) is 2. The summed E-state index contributed by atoms with van der Waals surface area (Å²) in [4.78, 5) is 4.23. The van der Waals surface area contributed by atoms with Gasteiger partial charge >= 0.3 is 0 Å². The van der Waals surface area contributed by atoms with Crippen LogP contribution in [0.1, 0.15) is 0 Å². The summed E-state index contributed by atoms with van der Waals surface area (Å²) in [6, 6.07) is -1.04. The molecule has 4 fully saturated rings. The first-order valence-corrected chi connectivity index (χ1v) is 17.7. The molecule has 0 bridgehead atoms. The molecule has 0 aromatic heterocycles. The Labute approximate surface area is 337 Å². The molecule has 0 saturated carbocycles. The number of ether oxygens (including phenoxy) is 6. The van der Waals surface area contributed by atoms with Gasteiger partial charge < -0.3 is 64.8 Å². The van der Waals surface area contributed by atoms with Crippen LogP contribution >= 0.6 is 7.70 Å². The van der Waals surface area contributed by atoms with Gasteiger partial charge in [-0.05, 0) is 44.7 Å². The summed E-state index contributed by atoms with van der Waals surface area (Å²) in [7, 11) is 26.6. The molecule has 0 aliphatic carbocycles. The van der Waals surface area contributed by atoms with Crippen LogP contribution in [0.15, 0.2) is 0 Å². The molecule has 4 rings (SSSR count). The minimum absolute atomic E-state index is 0. The van der Waals surface area contributed by atoms with E-state index in [9.17, 15) is 8.42 Å². The van der Waals surface area contributed by atoms with Gasteiger partial charge in [-0.2, -0.15) is 0 Å². The molecule has 4 heterocycles. The topological polar surface area (TPSA) is 102 Å². The SMILES string of the molecule is [B]C1CN(C)CC([CH2-])O1.[B]C1CN(C)CC([CH2-])O1.[B]C1CN([PH](=C)C)CC(COC)O1.[B]C1CN([S-](=O)=O)CC(COC)O1.[Y].[Y]. The third-order valence-electron chi connectivity index (χ3n) is 6.55. The first-order valence-electron chi connectivity index (χ1n) is 14.5. The second kappa shape index (κ2) is 27.9. The van der Waals surface area contributed by atoms with Crippen LogP contribution in [0, 0.1) is 13.8 Å². The van der Waals surface area contributed by atoms with Gasteiger partial charge in [0.2, 0.25) is 0 Å². The molecule has 0 amide bonds. The van der Waals surface area contributed by atoms with E-state index in [1.54, 1.807) is 7.11 Å².